The zero-order valence-electron chi connectivity index (χ0n) is 11.1. The van der Waals surface area contributed by atoms with Gasteiger partial charge in [-0.1, -0.05) is 26.0 Å². The fourth-order valence-corrected chi connectivity index (χ4v) is 2.17. The van der Waals surface area contributed by atoms with E-state index in [9.17, 15) is 0 Å². The van der Waals surface area contributed by atoms with E-state index in [-0.39, 0.29) is 5.41 Å². The van der Waals surface area contributed by atoms with Crippen molar-refractivity contribution < 1.29 is 0 Å². The van der Waals surface area contributed by atoms with Gasteiger partial charge in [-0.2, -0.15) is 0 Å². The smallest absolute Gasteiger partial charge is 0.0429 e. The number of rotatable bonds is 4. The monoisotopic (exact) mass is 220 g/mol. The average Bonchev–Trinajstić information content (AvgIpc) is 2.23. The summed E-state index contributed by atoms with van der Waals surface area (Å²) in [5, 5.41) is 3.23. The van der Waals surface area contributed by atoms with Gasteiger partial charge in [0.1, 0.15) is 0 Å². The highest BCUT2D eigenvalue weighted by Gasteiger charge is 2.22. The van der Waals surface area contributed by atoms with E-state index >= 15 is 0 Å². The van der Waals surface area contributed by atoms with Crippen molar-refractivity contribution in [2.24, 2.45) is 5.73 Å². The summed E-state index contributed by atoms with van der Waals surface area (Å²) in [5.74, 6) is 0. The molecular weight excluding hydrogens is 196 g/mol. The second-order valence-electron chi connectivity index (χ2n) is 5.19. The lowest BCUT2D eigenvalue weighted by atomic mass is 9.80. The molecule has 0 saturated carbocycles. The van der Waals surface area contributed by atoms with Gasteiger partial charge in [-0.3, -0.25) is 0 Å². The molecule has 2 heteroatoms. The second kappa shape index (κ2) is 4.98. The minimum atomic E-state index is 0.127. The summed E-state index contributed by atoms with van der Waals surface area (Å²) < 4.78 is 0. The highest BCUT2D eigenvalue weighted by molar-refractivity contribution is 5.42. The van der Waals surface area contributed by atoms with Crippen LogP contribution in [0.15, 0.2) is 12.1 Å². The molecule has 1 aromatic carbocycles. The van der Waals surface area contributed by atoms with Crippen molar-refractivity contribution >= 4 is 0 Å². The maximum Gasteiger partial charge on any atom is 0.0429 e. The van der Waals surface area contributed by atoms with Crippen LogP contribution in [0.5, 0.6) is 0 Å². The average molecular weight is 220 g/mol. The molecule has 0 aliphatic heterocycles. The van der Waals surface area contributed by atoms with Crippen LogP contribution in [-0.4, -0.2) is 13.2 Å². The molecule has 0 aliphatic carbocycles. The van der Waals surface area contributed by atoms with E-state index in [1.54, 1.807) is 0 Å². The van der Waals surface area contributed by atoms with Crippen LogP contribution in [0.25, 0.3) is 0 Å². The van der Waals surface area contributed by atoms with E-state index in [1.165, 1.54) is 22.3 Å². The molecule has 1 aromatic rings. The van der Waals surface area contributed by atoms with E-state index in [0.717, 1.165) is 6.54 Å². The van der Waals surface area contributed by atoms with Gasteiger partial charge in [0.2, 0.25) is 0 Å². The molecule has 2 nitrogen and oxygen atoms in total. The molecule has 3 N–H and O–H groups in total. The van der Waals surface area contributed by atoms with Gasteiger partial charge < -0.3 is 11.1 Å². The number of hydrogen-bond acceptors (Lipinski definition) is 2. The predicted octanol–water partition coefficient (Wildman–Crippen LogP) is 2.40. The third kappa shape index (κ3) is 2.63. The number of hydrogen-bond donors (Lipinski definition) is 2. The van der Waals surface area contributed by atoms with E-state index in [2.05, 4.69) is 52.1 Å². The summed E-state index contributed by atoms with van der Waals surface area (Å²) in [5.41, 5.74) is 11.2. The highest BCUT2D eigenvalue weighted by Crippen LogP contribution is 2.28. The topological polar surface area (TPSA) is 38.0 Å². The van der Waals surface area contributed by atoms with Crippen molar-refractivity contribution in [2.75, 3.05) is 13.2 Å². The standard InChI is InChI=1S/C14H24N2/c1-10-6-7-13(12(3)11(10)2)14(4,5)8-16-9-15/h6-7,16H,8-9,15H2,1-5H3. The molecule has 0 bridgehead atoms. The first-order valence-corrected chi connectivity index (χ1v) is 5.88. The molecule has 0 unspecified atom stereocenters. The maximum absolute atomic E-state index is 5.49. The fourth-order valence-electron chi connectivity index (χ4n) is 2.17. The number of benzene rings is 1. The molecule has 0 saturated heterocycles. The van der Waals surface area contributed by atoms with Gasteiger partial charge in [-0.05, 0) is 43.0 Å². The van der Waals surface area contributed by atoms with Crippen LogP contribution < -0.4 is 11.1 Å². The molecule has 90 valence electrons. The Morgan fingerprint density at radius 3 is 2.31 bits per heavy atom. The quantitative estimate of drug-likeness (QED) is 0.765. The van der Waals surface area contributed by atoms with E-state index < -0.39 is 0 Å². The van der Waals surface area contributed by atoms with Gasteiger partial charge in [0.15, 0.2) is 0 Å². The summed E-state index contributed by atoms with van der Waals surface area (Å²) in [6.07, 6.45) is 0. The maximum atomic E-state index is 5.49. The van der Waals surface area contributed by atoms with Crippen LogP contribution in [0.2, 0.25) is 0 Å². The Kier molecular flexibility index (Phi) is 4.11. The summed E-state index contributed by atoms with van der Waals surface area (Å²) in [4.78, 5) is 0. The van der Waals surface area contributed by atoms with Crippen molar-refractivity contribution in [3.8, 4) is 0 Å². The molecule has 0 amide bonds. The van der Waals surface area contributed by atoms with Crippen LogP contribution >= 0.6 is 0 Å². The SMILES string of the molecule is Cc1ccc(C(C)(C)CNCN)c(C)c1C. The minimum Gasteiger partial charge on any atom is -0.318 e. The second-order valence-corrected chi connectivity index (χ2v) is 5.19. The van der Waals surface area contributed by atoms with Gasteiger partial charge in [-0.25, -0.2) is 0 Å². The first-order valence-electron chi connectivity index (χ1n) is 5.88. The number of aryl methyl sites for hydroxylation is 1. The highest BCUT2D eigenvalue weighted by atomic mass is 15.0. The van der Waals surface area contributed by atoms with E-state index in [0.29, 0.717) is 6.67 Å². The summed E-state index contributed by atoms with van der Waals surface area (Å²) in [6.45, 7) is 12.5. The normalized spacial score (nSPS) is 11.9. The van der Waals surface area contributed by atoms with Crippen LogP contribution in [0.1, 0.15) is 36.1 Å². The van der Waals surface area contributed by atoms with Gasteiger partial charge in [0.25, 0.3) is 0 Å². The molecule has 0 aliphatic rings. The first kappa shape index (κ1) is 13.2. The zero-order chi connectivity index (χ0) is 12.3. The van der Waals surface area contributed by atoms with Gasteiger partial charge in [0.05, 0.1) is 0 Å². The molecule has 0 radical (unpaired) electrons. The molecule has 0 spiro atoms. The third-order valence-corrected chi connectivity index (χ3v) is 3.50. The van der Waals surface area contributed by atoms with Crippen molar-refractivity contribution in [2.45, 2.75) is 40.0 Å². The van der Waals surface area contributed by atoms with Gasteiger partial charge in [-0.15, -0.1) is 0 Å². The lowest BCUT2D eigenvalue weighted by Crippen LogP contribution is -2.36. The van der Waals surface area contributed by atoms with Crippen molar-refractivity contribution in [3.63, 3.8) is 0 Å². The Morgan fingerprint density at radius 2 is 1.75 bits per heavy atom. The van der Waals surface area contributed by atoms with E-state index in [1.807, 2.05) is 0 Å². The lowest BCUT2D eigenvalue weighted by Gasteiger charge is -2.28. The Labute approximate surface area is 99.2 Å². The Balaban J connectivity index is 3.08. The summed E-state index contributed by atoms with van der Waals surface area (Å²) in [7, 11) is 0. The number of nitrogens with two attached hydrogens (primary N) is 1. The molecule has 0 atom stereocenters. The lowest BCUT2D eigenvalue weighted by molar-refractivity contribution is 0.472. The predicted molar refractivity (Wildman–Crippen MR) is 70.7 cm³/mol. The Hall–Kier alpha value is -0.860. The van der Waals surface area contributed by atoms with Gasteiger partial charge in [0, 0.05) is 18.6 Å². The van der Waals surface area contributed by atoms with Crippen LogP contribution in [0.4, 0.5) is 0 Å². The molecule has 0 heterocycles. The van der Waals surface area contributed by atoms with Crippen LogP contribution in [0, 0.1) is 20.8 Å². The van der Waals surface area contributed by atoms with E-state index in [4.69, 9.17) is 5.73 Å². The zero-order valence-corrected chi connectivity index (χ0v) is 11.1. The molecule has 0 aromatic heterocycles. The third-order valence-electron chi connectivity index (χ3n) is 3.50. The Morgan fingerprint density at radius 1 is 1.12 bits per heavy atom. The molecular formula is C14H24N2. The molecule has 16 heavy (non-hydrogen) atoms. The van der Waals surface area contributed by atoms with Crippen LogP contribution in [-0.2, 0) is 5.41 Å². The Bertz CT molecular complexity index is 367. The largest absolute Gasteiger partial charge is 0.318 e. The van der Waals surface area contributed by atoms with Crippen LogP contribution in [0.3, 0.4) is 0 Å². The summed E-state index contributed by atoms with van der Waals surface area (Å²) >= 11 is 0. The fraction of sp³-hybridized carbons (Fsp3) is 0.571. The van der Waals surface area contributed by atoms with Crippen molar-refractivity contribution in [3.05, 3.63) is 34.4 Å². The minimum absolute atomic E-state index is 0.127. The molecule has 1 rings (SSSR count). The summed E-state index contributed by atoms with van der Waals surface area (Å²) in [6, 6.07) is 4.46. The molecule has 0 fully saturated rings. The van der Waals surface area contributed by atoms with Crippen molar-refractivity contribution in [1.82, 2.24) is 5.32 Å². The first-order chi connectivity index (χ1) is 7.40. The van der Waals surface area contributed by atoms with Gasteiger partial charge >= 0.3 is 0 Å². The number of nitrogens with one attached hydrogen (secondary N) is 1. The van der Waals surface area contributed by atoms with Crippen molar-refractivity contribution in [1.29, 1.82) is 0 Å².